The van der Waals surface area contributed by atoms with Crippen LogP contribution in [0.3, 0.4) is 0 Å². The van der Waals surface area contributed by atoms with Crippen molar-refractivity contribution in [1.29, 1.82) is 0 Å². The lowest BCUT2D eigenvalue weighted by Crippen LogP contribution is -2.71. The molecule has 0 spiro atoms. The molecule has 1 unspecified atom stereocenters. The maximum atomic E-state index is 3.50. The van der Waals surface area contributed by atoms with E-state index in [1.54, 1.807) is 22.2 Å². The Hall–Kier alpha value is -1.57. The van der Waals surface area contributed by atoms with Crippen LogP contribution >= 0.6 is 0 Å². The fraction of sp³-hybridized carbons (Fsp3) is 0.550. The van der Waals surface area contributed by atoms with E-state index in [0.29, 0.717) is 5.92 Å². The van der Waals surface area contributed by atoms with Crippen molar-refractivity contribution < 1.29 is 4.99 Å². The van der Waals surface area contributed by atoms with Crippen LogP contribution in [0.25, 0.3) is 10.9 Å². The van der Waals surface area contributed by atoms with Crippen molar-refractivity contribution in [1.82, 2.24) is 4.57 Å². The van der Waals surface area contributed by atoms with E-state index in [2.05, 4.69) is 34.0 Å². The fourth-order valence-electron chi connectivity index (χ4n) is 5.09. The molecule has 1 atom stereocenters. The predicted octanol–water partition coefficient (Wildman–Crippen LogP) is 3.23. The number of nitrogens with one attached hydrogen (secondary N) is 1. The maximum absolute atomic E-state index is 3.50. The number of benzene rings is 1. The minimum Gasteiger partial charge on any atom is -0.288 e. The largest absolute Gasteiger partial charge is 0.288 e. The Morgan fingerprint density at radius 3 is 2.82 bits per heavy atom. The van der Waals surface area contributed by atoms with Gasteiger partial charge in [0.05, 0.1) is 11.4 Å². The third-order valence-electron chi connectivity index (χ3n) is 6.17. The molecule has 2 heteroatoms. The molecule has 1 aromatic carbocycles. The van der Waals surface area contributed by atoms with Gasteiger partial charge in [0.25, 0.3) is 0 Å². The molecule has 1 aliphatic heterocycles. The van der Waals surface area contributed by atoms with Gasteiger partial charge in [0, 0.05) is 11.1 Å². The van der Waals surface area contributed by atoms with E-state index >= 15 is 0 Å². The smallest absolute Gasteiger partial charge is 0.220 e. The van der Waals surface area contributed by atoms with Crippen LogP contribution in [0.15, 0.2) is 18.2 Å². The topological polar surface area (TPSA) is 18.9 Å². The molecule has 0 amide bonds. The second-order valence-corrected chi connectivity index (χ2v) is 7.43. The zero-order chi connectivity index (χ0) is 14.5. The van der Waals surface area contributed by atoms with Crippen LogP contribution in [-0.4, -0.2) is 10.8 Å². The van der Waals surface area contributed by atoms with Crippen molar-refractivity contribution in [3.05, 3.63) is 35.0 Å². The lowest BCUT2D eigenvalue weighted by Gasteiger charge is -2.22. The first-order valence-corrected chi connectivity index (χ1v) is 9.13. The first-order valence-electron chi connectivity index (χ1n) is 9.13. The fourth-order valence-corrected chi connectivity index (χ4v) is 5.09. The third-order valence-corrected chi connectivity index (χ3v) is 6.17. The number of fused-ring (bicyclic) bond motifs is 3. The van der Waals surface area contributed by atoms with Crippen LogP contribution in [0.2, 0.25) is 0 Å². The van der Waals surface area contributed by atoms with E-state index in [-0.39, 0.29) is 0 Å². The van der Waals surface area contributed by atoms with Gasteiger partial charge in [0.1, 0.15) is 6.21 Å². The monoisotopic (exact) mass is 293 g/mol. The lowest BCUT2D eigenvalue weighted by atomic mass is 9.83. The molecule has 0 saturated heterocycles. The zero-order valence-electron chi connectivity index (χ0n) is 13.3. The van der Waals surface area contributed by atoms with E-state index in [0.717, 1.165) is 12.6 Å². The molecule has 1 N–H and O–H groups in total. The summed E-state index contributed by atoms with van der Waals surface area (Å²) in [7, 11) is 0. The van der Waals surface area contributed by atoms with Gasteiger partial charge >= 0.3 is 0 Å². The summed E-state index contributed by atoms with van der Waals surface area (Å²) in [6, 6.07) is 7.37. The zero-order valence-corrected chi connectivity index (χ0v) is 13.3. The molecule has 22 heavy (non-hydrogen) atoms. The van der Waals surface area contributed by atoms with Crippen LogP contribution in [0.5, 0.6) is 0 Å². The Labute approximate surface area is 132 Å². The van der Waals surface area contributed by atoms with Crippen LogP contribution in [-0.2, 0) is 13.1 Å². The maximum Gasteiger partial charge on any atom is 0.220 e. The highest BCUT2D eigenvalue weighted by atomic mass is 15.1. The first kappa shape index (κ1) is 12.9. The van der Waals surface area contributed by atoms with Crippen LogP contribution < -0.4 is 4.99 Å². The summed E-state index contributed by atoms with van der Waals surface area (Å²) in [6.45, 7) is 0.950. The highest BCUT2D eigenvalue weighted by Crippen LogP contribution is 2.40. The van der Waals surface area contributed by atoms with Gasteiger partial charge in [-0.1, -0.05) is 25.3 Å². The van der Waals surface area contributed by atoms with E-state index in [9.17, 15) is 0 Å². The van der Waals surface area contributed by atoms with Crippen molar-refractivity contribution >= 4 is 17.1 Å². The Morgan fingerprint density at radius 2 is 1.91 bits per heavy atom. The molecule has 2 aliphatic carbocycles. The van der Waals surface area contributed by atoms with E-state index < -0.39 is 0 Å². The Bertz CT molecular complexity index is 747. The van der Waals surface area contributed by atoms with Crippen molar-refractivity contribution in [2.24, 2.45) is 0 Å². The van der Waals surface area contributed by atoms with Gasteiger partial charge in [-0.05, 0) is 61.3 Å². The van der Waals surface area contributed by atoms with Crippen LogP contribution in [0.4, 0.5) is 0 Å². The highest BCUT2D eigenvalue weighted by Gasteiger charge is 2.31. The predicted molar refractivity (Wildman–Crippen MR) is 90.5 cm³/mol. The number of nitrogens with zero attached hydrogens (tertiary/aromatic N) is 1. The second-order valence-electron chi connectivity index (χ2n) is 7.43. The minimum atomic E-state index is 0.628. The van der Waals surface area contributed by atoms with E-state index in [1.165, 1.54) is 56.9 Å². The molecule has 114 valence electrons. The van der Waals surface area contributed by atoms with E-state index in [1.807, 2.05) is 0 Å². The number of hydrogen-bond donors (Lipinski definition) is 1. The summed E-state index contributed by atoms with van der Waals surface area (Å²) in [4.78, 5) is 3.50. The van der Waals surface area contributed by atoms with Gasteiger partial charge in [-0.3, -0.25) is 4.57 Å². The summed E-state index contributed by atoms with van der Waals surface area (Å²) < 4.78 is 2.54. The lowest BCUT2D eigenvalue weighted by molar-refractivity contribution is -0.493. The molecule has 1 saturated carbocycles. The molecular formula is C20H25N2+. The number of aryl methyl sites for hydroxylation is 1. The van der Waals surface area contributed by atoms with Gasteiger partial charge in [0.2, 0.25) is 6.67 Å². The van der Waals surface area contributed by atoms with Gasteiger partial charge in [-0.15, -0.1) is 0 Å². The number of aromatic nitrogens is 1. The van der Waals surface area contributed by atoms with Gasteiger partial charge in [0.15, 0.2) is 0 Å². The number of hydrogen-bond acceptors (Lipinski definition) is 0. The van der Waals surface area contributed by atoms with Gasteiger partial charge < -0.3 is 0 Å². The van der Waals surface area contributed by atoms with Gasteiger partial charge in [-0.2, -0.15) is 0 Å². The SMILES string of the molecule is C1=[NH+]Cn2c3c(c4cc(C5CCCCC5)ccc42)CCCC13. The summed E-state index contributed by atoms with van der Waals surface area (Å²) in [5, 5.41) is 1.56. The summed E-state index contributed by atoms with van der Waals surface area (Å²) in [5.41, 5.74) is 6.32. The molecule has 2 heterocycles. The molecule has 1 aromatic heterocycles. The molecule has 0 bridgehead atoms. The number of rotatable bonds is 1. The average Bonchev–Trinajstić information content (AvgIpc) is 2.92. The minimum absolute atomic E-state index is 0.628. The van der Waals surface area contributed by atoms with Crippen LogP contribution in [0, 0.1) is 0 Å². The Morgan fingerprint density at radius 1 is 1.00 bits per heavy atom. The van der Waals surface area contributed by atoms with Crippen molar-refractivity contribution in [2.45, 2.75) is 69.9 Å². The molecule has 2 aromatic rings. The quantitative estimate of drug-likeness (QED) is 0.832. The first-order chi connectivity index (χ1) is 10.9. The molecular weight excluding hydrogens is 268 g/mol. The van der Waals surface area contributed by atoms with Crippen molar-refractivity contribution in [3.8, 4) is 0 Å². The standard InChI is InChI=1S/C20H24N2/c1-2-5-14(6-3-1)15-9-10-19-18(11-15)17-8-4-7-16-12-21-13-22(19)20(16)17/h9-12,14,16H,1-8,13H2/p+1. The summed E-state index contributed by atoms with van der Waals surface area (Å²) in [6.07, 6.45) is 13.3. The van der Waals surface area contributed by atoms with E-state index in [4.69, 9.17) is 0 Å². The average molecular weight is 293 g/mol. The highest BCUT2D eigenvalue weighted by molar-refractivity contribution is 5.88. The summed E-state index contributed by atoms with van der Waals surface area (Å²) >= 11 is 0. The van der Waals surface area contributed by atoms with Gasteiger partial charge in [-0.25, -0.2) is 4.99 Å². The third kappa shape index (κ3) is 1.82. The van der Waals surface area contributed by atoms with Crippen molar-refractivity contribution in [3.63, 3.8) is 0 Å². The molecule has 3 aliphatic rings. The molecule has 5 rings (SSSR count). The summed E-state index contributed by atoms with van der Waals surface area (Å²) in [5.74, 6) is 1.44. The molecule has 0 radical (unpaired) electrons. The Kier molecular flexibility index (Phi) is 2.92. The second kappa shape index (κ2) is 4.97. The Balaban J connectivity index is 1.67. The normalized spacial score (nSPS) is 24.6. The van der Waals surface area contributed by atoms with Crippen LogP contribution in [0.1, 0.15) is 73.6 Å². The molecule has 2 nitrogen and oxygen atoms in total. The van der Waals surface area contributed by atoms with Crippen molar-refractivity contribution in [2.75, 3.05) is 0 Å². The molecule has 1 fully saturated rings.